The Hall–Kier alpha value is -1.38. The number of pyridine rings is 1. The maximum atomic E-state index is 10.6. The van der Waals surface area contributed by atoms with E-state index in [0.717, 1.165) is 38.0 Å². The van der Waals surface area contributed by atoms with Gasteiger partial charge in [0.25, 0.3) is 0 Å². The fraction of sp³-hybridized carbons (Fsp3) is 0.500. The second-order valence-corrected chi connectivity index (χ2v) is 4.10. The highest BCUT2D eigenvalue weighted by Crippen LogP contribution is 2.22. The second-order valence-electron chi connectivity index (χ2n) is 4.10. The number of aldehydes is 1. The van der Waals surface area contributed by atoms with Crippen molar-refractivity contribution in [1.29, 1.82) is 0 Å². The lowest BCUT2D eigenvalue weighted by molar-refractivity contribution is -0.111. The molecule has 15 heavy (non-hydrogen) atoms. The molecule has 1 fully saturated rings. The molecule has 0 atom stereocenters. The van der Waals surface area contributed by atoms with Crippen LogP contribution < -0.4 is 4.90 Å². The molecule has 0 unspecified atom stereocenters. The van der Waals surface area contributed by atoms with Crippen LogP contribution in [0.25, 0.3) is 0 Å². The number of hydrogen-bond donors (Lipinski definition) is 0. The number of aryl methyl sites for hydroxylation is 1. The van der Waals surface area contributed by atoms with E-state index >= 15 is 0 Å². The van der Waals surface area contributed by atoms with Crippen LogP contribution in [-0.4, -0.2) is 24.4 Å². The number of anilines is 1. The first-order valence-corrected chi connectivity index (χ1v) is 5.43. The third-order valence-electron chi connectivity index (χ3n) is 3.01. The van der Waals surface area contributed by atoms with Crippen molar-refractivity contribution in [2.24, 2.45) is 5.92 Å². The van der Waals surface area contributed by atoms with Crippen LogP contribution in [0.5, 0.6) is 0 Å². The van der Waals surface area contributed by atoms with Crippen LogP contribution >= 0.6 is 0 Å². The summed E-state index contributed by atoms with van der Waals surface area (Å²) >= 11 is 0. The molecule has 1 aliphatic heterocycles. The molecular formula is C12H16N2O. The minimum Gasteiger partial charge on any atom is -0.356 e. The standard InChI is InChI=1S/C12H16N2O/c1-10-3-2-6-13-12(10)14-7-4-11(9-15)5-8-14/h2-3,6,9,11H,4-5,7-8H2,1H3. The molecule has 0 amide bonds. The molecule has 0 aromatic carbocycles. The van der Waals surface area contributed by atoms with Crippen LogP contribution in [-0.2, 0) is 4.79 Å². The molecular weight excluding hydrogens is 188 g/mol. The zero-order valence-electron chi connectivity index (χ0n) is 9.02. The topological polar surface area (TPSA) is 33.2 Å². The van der Waals surface area contributed by atoms with Gasteiger partial charge in [0, 0.05) is 25.2 Å². The molecule has 2 rings (SSSR count). The number of carbonyl (C=O) groups excluding carboxylic acids is 1. The second kappa shape index (κ2) is 4.43. The zero-order valence-corrected chi connectivity index (χ0v) is 9.02. The molecule has 1 aliphatic rings. The largest absolute Gasteiger partial charge is 0.356 e. The van der Waals surface area contributed by atoms with Gasteiger partial charge in [0.2, 0.25) is 0 Å². The third kappa shape index (κ3) is 2.17. The van der Waals surface area contributed by atoms with Crippen molar-refractivity contribution in [2.45, 2.75) is 19.8 Å². The normalized spacial score (nSPS) is 17.8. The van der Waals surface area contributed by atoms with Gasteiger partial charge in [-0.1, -0.05) is 6.07 Å². The van der Waals surface area contributed by atoms with Gasteiger partial charge in [0.1, 0.15) is 12.1 Å². The smallest absolute Gasteiger partial charge is 0.131 e. The van der Waals surface area contributed by atoms with E-state index in [1.54, 1.807) is 0 Å². The predicted molar refractivity (Wildman–Crippen MR) is 60.0 cm³/mol. The number of hydrogen-bond acceptors (Lipinski definition) is 3. The van der Waals surface area contributed by atoms with E-state index in [1.807, 2.05) is 12.3 Å². The fourth-order valence-corrected chi connectivity index (χ4v) is 2.06. The fourth-order valence-electron chi connectivity index (χ4n) is 2.06. The molecule has 0 N–H and O–H groups in total. The van der Waals surface area contributed by atoms with E-state index in [2.05, 4.69) is 22.9 Å². The summed E-state index contributed by atoms with van der Waals surface area (Å²) in [4.78, 5) is 17.3. The molecule has 3 heteroatoms. The van der Waals surface area contributed by atoms with Gasteiger partial charge in [0.15, 0.2) is 0 Å². The van der Waals surface area contributed by atoms with E-state index in [4.69, 9.17) is 0 Å². The molecule has 1 aromatic heterocycles. The Morgan fingerprint density at radius 1 is 1.47 bits per heavy atom. The van der Waals surface area contributed by atoms with Crippen molar-refractivity contribution in [3.05, 3.63) is 23.9 Å². The Bertz CT molecular complexity index is 343. The van der Waals surface area contributed by atoms with Crippen molar-refractivity contribution in [2.75, 3.05) is 18.0 Å². The maximum Gasteiger partial charge on any atom is 0.131 e. The van der Waals surface area contributed by atoms with E-state index in [-0.39, 0.29) is 5.92 Å². The van der Waals surface area contributed by atoms with Gasteiger partial charge in [-0.2, -0.15) is 0 Å². The van der Waals surface area contributed by atoms with Crippen LogP contribution in [0.1, 0.15) is 18.4 Å². The molecule has 0 aliphatic carbocycles. The van der Waals surface area contributed by atoms with Gasteiger partial charge >= 0.3 is 0 Å². The highest BCUT2D eigenvalue weighted by molar-refractivity contribution is 5.55. The van der Waals surface area contributed by atoms with Crippen LogP contribution in [0.3, 0.4) is 0 Å². The summed E-state index contributed by atoms with van der Waals surface area (Å²) in [6.07, 6.45) is 4.83. The molecule has 3 nitrogen and oxygen atoms in total. The first-order chi connectivity index (χ1) is 7.31. The molecule has 2 heterocycles. The molecule has 0 bridgehead atoms. The van der Waals surface area contributed by atoms with E-state index < -0.39 is 0 Å². The Labute approximate surface area is 90.1 Å². The van der Waals surface area contributed by atoms with E-state index in [1.165, 1.54) is 5.56 Å². The third-order valence-corrected chi connectivity index (χ3v) is 3.01. The number of aromatic nitrogens is 1. The summed E-state index contributed by atoms with van der Waals surface area (Å²) in [5.74, 6) is 1.33. The quantitative estimate of drug-likeness (QED) is 0.689. The Kier molecular flexibility index (Phi) is 2.99. The summed E-state index contributed by atoms with van der Waals surface area (Å²) in [6, 6.07) is 4.03. The average Bonchev–Trinajstić information content (AvgIpc) is 2.30. The lowest BCUT2D eigenvalue weighted by Gasteiger charge is -2.31. The van der Waals surface area contributed by atoms with Crippen LogP contribution in [0.2, 0.25) is 0 Å². The van der Waals surface area contributed by atoms with Crippen molar-refractivity contribution >= 4 is 12.1 Å². The number of carbonyl (C=O) groups is 1. The van der Waals surface area contributed by atoms with Gasteiger partial charge < -0.3 is 9.69 Å². The minimum atomic E-state index is 0.255. The summed E-state index contributed by atoms with van der Waals surface area (Å²) in [7, 11) is 0. The van der Waals surface area contributed by atoms with Crippen LogP contribution in [0.15, 0.2) is 18.3 Å². The summed E-state index contributed by atoms with van der Waals surface area (Å²) in [5.41, 5.74) is 1.21. The van der Waals surface area contributed by atoms with E-state index in [0.29, 0.717) is 0 Å². The Morgan fingerprint density at radius 3 is 2.80 bits per heavy atom. The van der Waals surface area contributed by atoms with Gasteiger partial charge in [-0.15, -0.1) is 0 Å². The average molecular weight is 204 g/mol. The van der Waals surface area contributed by atoms with Crippen LogP contribution in [0.4, 0.5) is 5.82 Å². The first-order valence-electron chi connectivity index (χ1n) is 5.43. The molecule has 80 valence electrons. The molecule has 1 saturated heterocycles. The van der Waals surface area contributed by atoms with Gasteiger partial charge in [-0.25, -0.2) is 4.98 Å². The SMILES string of the molecule is Cc1cccnc1N1CCC(C=O)CC1. The van der Waals surface area contributed by atoms with Crippen molar-refractivity contribution in [3.8, 4) is 0 Å². The van der Waals surface area contributed by atoms with Crippen molar-refractivity contribution < 1.29 is 4.79 Å². The summed E-state index contributed by atoms with van der Waals surface area (Å²) in [5, 5.41) is 0. The minimum absolute atomic E-state index is 0.255. The maximum absolute atomic E-state index is 10.6. The lowest BCUT2D eigenvalue weighted by atomic mass is 9.98. The molecule has 0 radical (unpaired) electrons. The number of piperidine rings is 1. The number of rotatable bonds is 2. The summed E-state index contributed by atoms with van der Waals surface area (Å²) in [6.45, 7) is 3.97. The highest BCUT2D eigenvalue weighted by atomic mass is 16.1. The highest BCUT2D eigenvalue weighted by Gasteiger charge is 2.20. The number of nitrogens with zero attached hydrogens (tertiary/aromatic N) is 2. The molecule has 0 spiro atoms. The Balaban J connectivity index is 2.07. The summed E-state index contributed by atoms with van der Waals surface area (Å²) < 4.78 is 0. The Morgan fingerprint density at radius 2 is 2.20 bits per heavy atom. The molecule has 1 aromatic rings. The lowest BCUT2D eigenvalue weighted by Crippen LogP contribution is -2.35. The zero-order chi connectivity index (χ0) is 10.7. The van der Waals surface area contributed by atoms with Crippen molar-refractivity contribution in [1.82, 2.24) is 4.98 Å². The van der Waals surface area contributed by atoms with Gasteiger partial charge in [0.05, 0.1) is 0 Å². The monoisotopic (exact) mass is 204 g/mol. The van der Waals surface area contributed by atoms with Crippen molar-refractivity contribution in [3.63, 3.8) is 0 Å². The predicted octanol–water partition coefficient (Wildman–Crippen LogP) is 1.81. The molecule has 0 saturated carbocycles. The van der Waals surface area contributed by atoms with Crippen LogP contribution in [0, 0.1) is 12.8 Å². The first kappa shape index (κ1) is 10.1. The van der Waals surface area contributed by atoms with E-state index in [9.17, 15) is 4.79 Å². The van der Waals surface area contributed by atoms with Gasteiger partial charge in [-0.3, -0.25) is 0 Å². The van der Waals surface area contributed by atoms with Gasteiger partial charge in [-0.05, 0) is 31.4 Å².